The van der Waals surface area contributed by atoms with Crippen LogP contribution in [-0.2, 0) is 25.6 Å². The van der Waals surface area contributed by atoms with Crippen molar-refractivity contribution in [1.29, 1.82) is 0 Å². The fourth-order valence-corrected chi connectivity index (χ4v) is 7.92. The summed E-state index contributed by atoms with van der Waals surface area (Å²) in [4.78, 5) is 56.6. The first kappa shape index (κ1) is 26.9. The number of benzene rings is 2. The van der Waals surface area contributed by atoms with Crippen molar-refractivity contribution in [1.82, 2.24) is 0 Å². The average Bonchev–Trinajstić information content (AvgIpc) is 3.22. The number of para-hydroxylation sites is 1. The molecule has 6 atom stereocenters. The van der Waals surface area contributed by atoms with Crippen LogP contribution in [0.1, 0.15) is 49.3 Å². The molecule has 3 aliphatic carbocycles. The van der Waals surface area contributed by atoms with Crippen LogP contribution in [0.4, 0.5) is 5.69 Å². The molecule has 0 unspecified atom stereocenters. The summed E-state index contributed by atoms with van der Waals surface area (Å²) in [7, 11) is 0. The molecule has 1 saturated heterocycles. The third-order valence-corrected chi connectivity index (χ3v) is 9.85. The number of ketones is 2. The Morgan fingerprint density at radius 2 is 1.76 bits per heavy atom. The van der Waals surface area contributed by atoms with E-state index in [1.54, 1.807) is 31.2 Å². The van der Waals surface area contributed by atoms with E-state index in [0.717, 1.165) is 11.1 Å². The number of Topliss-reactive ketones (excluding diaryl/α,β-unsaturated/α-hetero) is 1. The minimum atomic E-state index is -1.14. The number of fused-ring (bicyclic) bond motifs is 4. The second kappa shape index (κ2) is 9.65. The number of amides is 2. The number of carbonyl (C=O) groups excluding carboxylic acids is 4. The van der Waals surface area contributed by atoms with E-state index in [2.05, 4.69) is 13.2 Å². The predicted molar refractivity (Wildman–Crippen MR) is 157 cm³/mol. The molecule has 6 heteroatoms. The molecule has 208 valence electrons. The number of phenols is 1. The van der Waals surface area contributed by atoms with Gasteiger partial charge in [-0.1, -0.05) is 67.6 Å². The van der Waals surface area contributed by atoms with E-state index in [1.807, 2.05) is 43.3 Å². The molecule has 41 heavy (non-hydrogen) atoms. The van der Waals surface area contributed by atoms with Gasteiger partial charge in [-0.25, -0.2) is 0 Å². The van der Waals surface area contributed by atoms with E-state index < -0.39 is 35.0 Å². The number of aromatic hydroxyl groups is 1. The Bertz CT molecular complexity index is 1590. The highest BCUT2D eigenvalue weighted by molar-refractivity contribution is 6.22. The van der Waals surface area contributed by atoms with Crippen LogP contribution < -0.4 is 4.90 Å². The molecule has 1 heterocycles. The summed E-state index contributed by atoms with van der Waals surface area (Å²) in [5.74, 6) is -3.65. The molecule has 0 bridgehead atoms. The van der Waals surface area contributed by atoms with Gasteiger partial charge in [0.2, 0.25) is 11.8 Å². The quantitative estimate of drug-likeness (QED) is 0.382. The molecule has 2 aromatic rings. The molecule has 6 nitrogen and oxygen atoms in total. The van der Waals surface area contributed by atoms with E-state index in [1.165, 1.54) is 11.0 Å². The van der Waals surface area contributed by atoms with Gasteiger partial charge in [-0.15, -0.1) is 6.58 Å². The summed E-state index contributed by atoms with van der Waals surface area (Å²) in [6.45, 7) is 11.1. The van der Waals surface area contributed by atoms with E-state index in [-0.39, 0.29) is 29.1 Å². The van der Waals surface area contributed by atoms with Gasteiger partial charge in [0.15, 0.2) is 11.6 Å². The number of phenolic OH excluding ortho intramolecular Hbond substituents is 1. The minimum absolute atomic E-state index is 0.0752. The first-order valence-corrected chi connectivity index (χ1v) is 14.1. The molecule has 1 N–H and O–H groups in total. The van der Waals surface area contributed by atoms with Gasteiger partial charge in [0.05, 0.1) is 22.9 Å². The maximum atomic E-state index is 14.1. The Morgan fingerprint density at radius 1 is 1.02 bits per heavy atom. The summed E-state index contributed by atoms with van der Waals surface area (Å²) < 4.78 is 0. The highest BCUT2D eigenvalue weighted by Gasteiger charge is 2.63. The SMILES string of the molecule is C=CCc1cccc([C@H]2C3=CC[C@@H]4C(=O)N(c5ccc(C=C)cc5)C(=O)[C@@H]4[C@@H]3C[C@H]3C(=O)C=C(C)C(=O)[C@@]23C)c1O. The molecule has 2 fully saturated rings. The summed E-state index contributed by atoms with van der Waals surface area (Å²) in [6, 6.07) is 12.6. The molecule has 2 aromatic carbocycles. The Kier molecular flexibility index (Phi) is 6.33. The van der Waals surface area contributed by atoms with Gasteiger partial charge in [-0.05, 0) is 67.0 Å². The molecule has 0 spiro atoms. The minimum Gasteiger partial charge on any atom is -0.507 e. The van der Waals surface area contributed by atoms with Gasteiger partial charge in [0, 0.05) is 17.4 Å². The van der Waals surface area contributed by atoms with Gasteiger partial charge in [-0.2, -0.15) is 0 Å². The number of allylic oxidation sites excluding steroid dienone is 5. The van der Waals surface area contributed by atoms with Gasteiger partial charge >= 0.3 is 0 Å². The molecule has 0 aromatic heterocycles. The van der Waals surface area contributed by atoms with Crippen molar-refractivity contribution in [3.05, 3.63) is 102 Å². The number of nitrogens with zero attached hydrogens (tertiary/aromatic N) is 1. The van der Waals surface area contributed by atoms with Gasteiger partial charge < -0.3 is 5.11 Å². The van der Waals surface area contributed by atoms with E-state index in [0.29, 0.717) is 41.6 Å². The average molecular weight is 548 g/mol. The second-order valence-corrected chi connectivity index (χ2v) is 11.9. The zero-order chi connectivity index (χ0) is 29.2. The summed E-state index contributed by atoms with van der Waals surface area (Å²) in [5.41, 5.74) is 2.75. The van der Waals surface area contributed by atoms with Crippen molar-refractivity contribution in [3.8, 4) is 5.75 Å². The van der Waals surface area contributed by atoms with Gasteiger partial charge in [-0.3, -0.25) is 24.1 Å². The van der Waals surface area contributed by atoms with E-state index in [4.69, 9.17) is 0 Å². The number of imide groups is 1. The van der Waals surface area contributed by atoms with Crippen molar-refractivity contribution >= 4 is 35.1 Å². The van der Waals surface area contributed by atoms with Crippen molar-refractivity contribution in [2.45, 2.75) is 39.0 Å². The lowest BCUT2D eigenvalue weighted by molar-refractivity contribution is -0.141. The highest BCUT2D eigenvalue weighted by atomic mass is 16.3. The van der Waals surface area contributed by atoms with Crippen molar-refractivity contribution in [2.24, 2.45) is 29.1 Å². The smallest absolute Gasteiger partial charge is 0.238 e. The number of rotatable bonds is 5. The molecule has 6 rings (SSSR count). The van der Waals surface area contributed by atoms with Crippen LogP contribution in [0.5, 0.6) is 5.75 Å². The maximum absolute atomic E-state index is 14.1. The zero-order valence-electron chi connectivity index (χ0n) is 23.3. The molecule has 1 saturated carbocycles. The van der Waals surface area contributed by atoms with E-state index in [9.17, 15) is 24.3 Å². The van der Waals surface area contributed by atoms with E-state index >= 15 is 0 Å². The lowest BCUT2D eigenvalue weighted by atomic mass is 9.47. The number of anilines is 1. The number of hydrogen-bond donors (Lipinski definition) is 1. The molecular weight excluding hydrogens is 514 g/mol. The lowest BCUT2D eigenvalue weighted by Crippen LogP contribution is -2.54. The molecule has 4 aliphatic rings. The molecular formula is C35H33NO5. The van der Waals surface area contributed by atoms with Crippen LogP contribution >= 0.6 is 0 Å². The van der Waals surface area contributed by atoms with Crippen molar-refractivity contribution < 1.29 is 24.3 Å². The first-order chi connectivity index (χ1) is 19.6. The fourth-order valence-electron chi connectivity index (χ4n) is 7.92. The van der Waals surface area contributed by atoms with Gasteiger partial charge in [0.1, 0.15) is 5.75 Å². The van der Waals surface area contributed by atoms with Crippen LogP contribution in [0.2, 0.25) is 0 Å². The maximum Gasteiger partial charge on any atom is 0.238 e. The van der Waals surface area contributed by atoms with Crippen LogP contribution in [-0.4, -0.2) is 28.5 Å². The third kappa shape index (κ3) is 3.77. The Morgan fingerprint density at radius 3 is 2.44 bits per heavy atom. The van der Waals surface area contributed by atoms with Gasteiger partial charge in [0.25, 0.3) is 0 Å². The van der Waals surface area contributed by atoms with Crippen LogP contribution in [0.25, 0.3) is 6.08 Å². The highest BCUT2D eigenvalue weighted by Crippen LogP contribution is 2.63. The summed E-state index contributed by atoms with van der Waals surface area (Å²) >= 11 is 0. The number of hydrogen-bond acceptors (Lipinski definition) is 5. The van der Waals surface area contributed by atoms with Crippen molar-refractivity contribution in [2.75, 3.05) is 4.90 Å². The third-order valence-electron chi connectivity index (χ3n) is 9.85. The largest absolute Gasteiger partial charge is 0.507 e. The zero-order valence-corrected chi connectivity index (χ0v) is 23.3. The topological polar surface area (TPSA) is 91.8 Å². The van der Waals surface area contributed by atoms with Crippen LogP contribution in [0.15, 0.2) is 85.0 Å². The van der Waals surface area contributed by atoms with Crippen LogP contribution in [0.3, 0.4) is 0 Å². The Balaban J connectivity index is 1.50. The first-order valence-electron chi connectivity index (χ1n) is 14.1. The van der Waals surface area contributed by atoms with Crippen molar-refractivity contribution in [3.63, 3.8) is 0 Å². The van der Waals surface area contributed by atoms with Crippen LogP contribution in [0, 0.1) is 29.1 Å². The molecule has 0 radical (unpaired) electrons. The standard InChI is InChI=1S/C35H33NO5/c1-5-8-21-9-7-10-25(31(21)38)30-23-15-16-24-29(26(23)18-27-28(37)17-19(3)32(39)35(27,30)4)34(41)36(33(24)40)22-13-11-20(6-2)12-14-22/h5-7,9-15,17,24,26-27,29-30,38H,1-2,8,16,18H2,3-4H3/t24-,26+,27-,29-,30+,35+/m0/s1. The monoisotopic (exact) mass is 547 g/mol. The lowest BCUT2D eigenvalue weighted by Gasteiger charge is -2.53. The Labute approximate surface area is 239 Å². The summed E-state index contributed by atoms with van der Waals surface area (Å²) in [6.07, 6.45) is 7.91. The summed E-state index contributed by atoms with van der Waals surface area (Å²) in [5, 5.41) is 11.5. The second-order valence-electron chi connectivity index (χ2n) is 11.9. The number of carbonyl (C=O) groups is 4. The Hall–Kier alpha value is -4.32. The fraction of sp³-hybridized carbons (Fsp3) is 0.314. The molecule has 1 aliphatic heterocycles. The predicted octanol–water partition coefficient (Wildman–Crippen LogP) is 5.72. The molecule has 2 amide bonds. The normalized spacial score (nSPS) is 30.7.